The minimum absolute atomic E-state index is 0.516. The highest BCUT2D eigenvalue weighted by Gasteiger charge is 2.19. The molecule has 1 unspecified atom stereocenters. The Balaban J connectivity index is 0.000000173. The van der Waals surface area contributed by atoms with Crippen molar-refractivity contribution in [1.82, 2.24) is 0 Å². The summed E-state index contributed by atoms with van der Waals surface area (Å²) in [5, 5.41) is 0. The van der Waals surface area contributed by atoms with Crippen LogP contribution in [0.3, 0.4) is 0 Å². The predicted molar refractivity (Wildman–Crippen MR) is 273 cm³/mol. The lowest BCUT2D eigenvalue weighted by Crippen LogP contribution is -2.32. The minimum Gasteiger partial charge on any atom is -0.201 e. The molecule has 4 heteroatoms. The molecule has 0 aliphatic carbocycles. The van der Waals surface area contributed by atoms with E-state index in [-0.39, 0.29) is 0 Å². The van der Waals surface area contributed by atoms with Gasteiger partial charge >= 0.3 is 0 Å². The summed E-state index contributed by atoms with van der Waals surface area (Å²) < 4.78 is 39.8. The molecule has 4 heterocycles. The van der Waals surface area contributed by atoms with Gasteiger partial charge in [-0.15, -0.1) is 0 Å². The van der Waals surface area contributed by atoms with E-state index in [2.05, 4.69) is 205 Å². The SMILES string of the molecule is CCc1ccc(-c2cccc[n+]2C)c(C)c1.Cc1cc(C(C)C)ccc1-c1cccc[n+]1C.Cc1ccc(-c2cccc[n+]2C)c(C)c1.[2H]C([2H])([2H])C([2H])(C)c1ccc[n+](C)c1-c1ccccc1C. The third-order valence-corrected chi connectivity index (χ3v) is 12.0. The maximum absolute atomic E-state index is 8.40. The zero-order valence-corrected chi connectivity index (χ0v) is 41.2. The molecule has 0 fully saturated rings. The van der Waals surface area contributed by atoms with Crippen LogP contribution in [-0.2, 0) is 34.6 Å². The van der Waals surface area contributed by atoms with Crippen molar-refractivity contribution in [2.45, 2.75) is 87.4 Å². The van der Waals surface area contributed by atoms with E-state index >= 15 is 0 Å². The summed E-state index contributed by atoms with van der Waals surface area (Å²) in [5.41, 5.74) is 19.2. The van der Waals surface area contributed by atoms with Crippen LogP contribution in [0.5, 0.6) is 0 Å². The average Bonchev–Trinajstić information content (AvgIpc) is 3.30. The number of benzene rings is 4. The van der Waals surface area contributed by atoms with Crippen molar-refractivity contribution in [2.75, 3.05) is 0 Å². The van der Waals surface area contributed by atoms with Gasteiger partial charge in [0.05, 0.1) is 0 Å². The zero-order valence-electron chi connectivity index (χ0n) is 45.2. The first-order valence-corrected chi connectivity index (χ1v) is 22.8. The summed E-state index contributed by atoms with van der Waals surface area (Å²) in [5.74, 6) is -1.07. The molecule has 0 saturated heterocycles. The Morgan fingerprint density at radius 1 is 0.462 bits per heavy atom. The van der Waals surface area contributed by atoms with Crippen LogP contribution in [0, 0.1) is 34.6 Å². The van der Waals surface area contributed by atoms with Gasteiger partial charge in [-0.25, -0.2) is 18.3 Å². The standard InChI is InChI=1S/2C16H20N.C15H18N.C14H16N/c1-12(2)14-10-7-11-17(4)16(14)15-9-6-5-8-13(15)3;1-12(2)14-8-9-15(13(3)11-14)16-7-5-6-10-17(16)4;1-4-13-8-9-14(12(2)11-13)15-7-5-6-10-16(15)3;1-11-7-8-13(12(2)10-11)14-6-4-5-9-15(14)3/h2*5-12H,1-4H3;5-11H,4H2,1-3H3;4-10H,1-3H3/q4*+1/i1D3,12D;;;. The predicted octanol–water partition coefficient (Wildman–Crippen LogP) is 13.1. The van der Waals surface area contributed by atoms with Crippen molar-refractivity contribution >= 4 is 0 Å². The van der Waals surface area contributed by atoms with Gasteiger partial charge in [0, 0.05) is 75.8 Å². The molecule has 0 aliphatic heterocycles. The van der Waals surface area contributed by atoms with Gasteiger partial charge in [-0.3, -0.25) is 0 Å². The van der Waals surface area contributed by atoms with E-state index in [0.29, 0.717) is 11.5 Å². The van der Waals surface area contributed by atoms with Crippen LogP contribution in [-0.4, -0.2) is 0 Å². The van der Waals surface area contributed by atoms with E-state index in [4.69, 9.17) is 5.48 Å². The number of aromatic nitrogens is 4. The lowest BCUT2D eigenvalue weighted by molar-refractivity contribution is -0.660. The summed E-state index contributed by atoms with van der Waals surface area (Å²) in [6.07, 6.45) is 9.23. The number of hydrogen-bond acceptors (Lipinski definition) is 0. The molecule has 0 amide bonds. The van der Waals surface area contributed by atoms with Gasteiger partial charge < -0.3 is 0 Å². The fourth-order valence-electron chi connectivity index (χ4n) is 8.16. The van der Waals surface area contributed by atoms with Gasteiger partial charge in [0.1, 0.15) is 28.2 Å². The van der Waals surface area contributed by atoms with Crippen LogP contribution in [0.1, 0.15) is 96.3 Å². The summed E-state index contributed by atoms with van der Waals surface area (Å²) >= 11 is 0. The largest absolute Gasteiger partial charge is 0.215 e. The molecule has 0 radical (unpaired) electrons. The number of nitrogens with zero attached hydrogens (tertiary/aromatic N) is 4. The van der Waals surface area contributed by atoms with Crippen LogP contribution < -0.4 is 18.3 Å². The van der Waals surface area contributed by atoms with Gasteiger partial charge in [-0.1, -0.05) is 94.7 Å². The molecule has 8 aromatic rings. The molecule has 4 nitrogen and oxygen atoms in total. The van der Waals surface area contributed by atoms with Crippen molar-refractivity contribution in [1.29, 1.82) is 0 Å². The monoisotopic (exact) mass is 867 g/mol. The van der Waals surface area contributed by atoms with E-state index < -0.39 is 12.7 Å². The number of rotatable bonds is 7. The van der Waals surface area contributed by atoms with Crippen LogP contribution in [0.25, 0.3) is 45.0 Å². The first-order chi connectivity index (χ1) is 32.7. The molecule has 0 saturated carbocycles. The molecule has 8 rings (SSSR count). The Morgan fingerprint density at radius 3 is 1.40 bits per heavy atom. The lowest BCUT2D eigenvalue weighted by Gasteiger charge is -2.11. The van der Waals surface area contributed by atoms with E-state index in [1.54, 1.807) is 12.1 Å². The van der Waals surface area contributed by atoms with Crippen molar-refractivity contribution in [3.8, 4) is 45.0 Å². The Kier molecular flexibility index (Phi) is 15.8. The third-order valence-electron chi connectivity index (χ3n) is 12.0. The molecule has 4 aromatic carbocycles. The Morgan fingerprint density at radius 2 is 0.938 bits per heavy atom. The molecule has 0 bridgehead atoms. The van der Waals surface area contributed by atoms with E-state index in [1.165, 1.54) is 74.1 Å². The van der Waals surface area contributed by atoms with Crippen LogP contribution >= 0.6 is 0 Å². The van der Waals surface area contributed by atoms with Crippen molar-refractivity contribution < 1.29 is 23.8 Å². The second-order valence-electron chi connectivity index (χ2n) is 17.5. The van der Waals surface area contributed by atoms with Crippen LogP contribution in [0.4, 0.5) is 0 Å². The molecule has 0 spiro atoms. The molecule has 334 valence electrons. The van der Waals surface area contributed by atoms with Gasteiger partial charge in [0.2, 0.25) is 22.8 Å². The molecule has 65 heavy (non-hydrogen) atoms. The van der Waals surface area contributed by atoms with Crippen LogP contribution in [0.15, 0.2) is 170 Å². The molecular weight excluding hydrogens is 789 g/mol. The van der Waals surface area contributed by atoms with E-state index in [1.807, 2.05) is 55.1 Å². The third kappa shape index (κ3) is 13.0. The molecule has 1 atom stereocenters. The summed E-state index contributed by atoms with van der Waals surface area (Å²) in [4.78, 5) is 0. The van der Waals surface area contributed by atoms with Crippen molar-refractivity contribution in [3.63, 3.8) is 0 Å². The normalized spacial score (nSPS) is 12.6. The van der Waals surface area contributed by atoms with Crippen molar-refractivity contribution in [3.05, 3.63) is 215 Å². The summed E-state index contributed by atoms with van der Waals surface area (Å²) in [6, 6.07) is 50.3. The molecule has 0 N–H and O–H groups in total. The molecule has 4 aromatic heterocycles. The zero-order chi connectivity index (χ0) is 50.6. The maximum Gasteiger partial charge on any atom is 0.215 e. The second-order valence-corrected chi connectivity index (χ2v) is 17.5. The van der Waals surface area contributed by atoms with E-state index in [0.717, 1.165) is 23.2 Å². The Hall–Kier alpha value is -6.52. The fraction of sp³-hybridized carbons (Fsp3) is 0.279. The van der Waals surface area contributed by atoms with Gasteiger partial charge in [0.15, 0.2) is 24.8 Å². The highest BCUT2D eigenvalue weighted by atomic mass is 14.9. The van der Waals surface area contributed by atoms with Gasteiger partial charge in [-0.05, 0) is 135 Å². The first kappa shape index (κ1) is 43.7. The van der Waals surface area contributed by atoms with Crippen molar-refractivity contribution in [2.24, 2.45) is 28.2 Å². The second kappa shape index (κ2) is 23.4. The van der Waals surface area contributed by atoms with Gasteiger partial charge in [0.25, 0.3) is 0 Å². The van der Waals surface area contributed by atoms with E-state index in [9.17, 15) is 0 Å². The number of pyridine rings is 4. The Labute approximate surface area is 397 Å². The average molecular weight is 867 g/mol. The lowest BCUT2D eigenvalue weighted by atomic mass is 9.94. The summed E-state index contributed by atoms with van der Waals surface area (Å²) in [7, 11) is 8.13. The van der Waals surface area contributed by atoms with Gasteiger partial charge in [-0.2, -0.15) is 0 Å². The smallest absolute Gasteiger partial charge is 0.201 e. The summed E-state index contributed by atoms with van der Waals surface area (Å²) in [6.45, 7) is 16.4. The maximum atomic E-state index is 8.40. The molecular formula is C61H74N4+4. The first-order valence-electron chi connectivity index (χ1n) is 24.8. The van der Waals surface area contributed by atoms with Crippen LogP contribution in [0.2, 0.25) is 0 Å². The fourth-order valence-corrected chi connectivity index (χ4v) is 8.16. The highest BCUT2D eigenvalue weighted by molar-refractivity contribution is 5.65. The number of aryl methyl sites for hydroxylation is 10. The topological polar surface area (TPSA) is 15.5 Å². The quantitative estimate of drug-likeness (QED) is 0.142. The Bertz CT molecular complexity index is 2990. The number of hydrogen-bond donors (Lipinski definition) is 0. The highest BCUT2D eigenvalue weighted by Crippen LogP contribution is 2.28. The minimum atomic E-state index is -2.39. The molecule has 0 aliphatic rings.